The number of nitrogens with one attached hydrogen (secondary N) is 2. The second kappa shape index (κ2) is 10.3. The highest BCUT2D eigenvalue weighted by atomic mass is 19.4. The lowest BCUT2D eigenvalue weighted by Gasteiger charge is -2.12. The molecule has 11 heteroatoms. The average Bonchev–Trinajstić information content (AvgIpc) is 3.18. The minimum Gasteiger partial charge on any atom is -0.301 e. The Hall–Kier alpha value is -4.09. The van der Waals surface area contributed by atoms with Crippen molar-refractivity contribution in [2.24, 2.45) is 0 Å². The van der Waals surface area contributed by atoms with Crippen LogP contribution in [0.2, 0.25) is 0 Å². The number of alkyl halides is 3. The lowest BCUT2D eigenvalue weighted by atomic mass is 9.99. The standard InChI is InChI=1S/C25H19F5N4O2/c1-31-36-10-9-20(15-5-3-2-4-6-15)16-7-8-21-32-23(33-24(35)25(28,29)30)22(34(21)14-16)17-11-18(26)13-19(27)12-17/h2-9,11-14,31H,10H2,1H3,(H,33,35). The molecule has 0 bridgehead atoms. The Morgan fingerprint density at radius 2 is 1.72 bits per heavy atom. The van der Waals surface area contributed by atoms with Crippen molar-refractivity contribution in [3.8, 4) is 11.3 Å². The number of rotatable bonds is 7. The third kappa shape index (κ3) is 5.42. The van der Waals surface area contributed by atoms with Crippen LogP contribution in [0.1, 0.15) is 11.1 Å². The van der Waals surface area contributed by atoms with Crippen LogP contribution >= 0.6 is 0 Å². The maximum atomic E-state index is 14.0. The Bertz CT molecular complexity index is 1410. The summed E-state index contributed by atoms with van der Waals surface area (Å²) >= 11 is 0. The van der Waals surface area contributed by atoms with E-state index in [-0.39, 0.29) is 23.5 Å². The molecule has 0 spiro atoms. The fourth-order valence-electron chi connectivity index (χ4n) is 3.66. The van der Waals surface area contributed by atoms with E-state index in [9.17, 15) is 26.7 Å². The number of imidazole rings is 1. The van der Waals surface area contributed by atoms with Gasteiger partial charge in [-0.25, -0.2) is 19.2 Å². The maximum absolute atomic E-state index is 14.0. The number of fused-ring (bicyclic) bond motifs is 1. The van der Waals surface area contributed by atoms with E-state index in [1.165, 1.54) is 10.5 Å². The van der Waals surface area contributed by atoms with Gasteiger partial charge in [0.05, 0.1) is 12.3 Å². The molecule has 0 saturated heterocycles. The number of anilines is 1. The third-order valence-electron chi connectivity index (χ3n) is 5.15. The maximum Gasteiger partial charge on any atom is 0.471 e. The van der Waals surface area contributed by atoms with Crippen LogP contribution in [0.5, 0.6) is 0 Å². The van der Waals surface area contributed by atoms with Crippen molar-refractivity contribution in [2.75, 3.05) is 19.0 Å². The van der Waals surface area contributed by atoms with Gasteiger partial charge in [-0.2, -0.15) is 13.2 Å². The van der Waals surface area contributed by atoms with Crippen LogP contribution in [0, 0.1) is 11.6 Å². The van der Waals surface area contributed by atoms with Crippen LogP contribution in [-0.4, -0.2) is 35.1 Å². The highest BCUT2D eigenvalue weighted by molar-refractivity contribution is 5.98. The molecule has 0 radical (unpaired) electrons. The number of amides is 1. The normalized spacial score (nSPS) is 12.2. The van der Waals surface area contributed by atoms with E-state index in [0.717, 1.165) is 23.3 Å². The summed E-state index contributed by atoms with van der Waals surface area (Å²) in [5.74, 6) is -4.65. The minimum absolute atomic E-state index is 0.113. The molecule has 0 unspecified atom stereocenters. The first kappa shape index (κ1) is 25.0. The number of benzene rings is 2. The molecular formula is C25H19F5N4O2. The first-order valence-electron chi connectivity index (χ1n) is 10.6. The summed E-state index contributed by atoms with van der Waals surface area (Å²) in [5, 5.41) is 1.72. The Balaban J connectivity index is 1.93. The Morgan fingerprint density at radius 1 is 1.03 bits per heavy atom. The summed E-state index contributed by atoms with van der Waals surface area (Å²) in [6, 6.07) is 15.0. The second-order valence-corrected chi connectivity index (χ2v) is 7.56. The summed E-state index contributed by atoms with van der Waals surface area (Å²) in [7, 11) is 1.61. The number of hydrogen-bond donors (Lipinski definition) is 2. The van der Waals surface area contributed by atoms with E-state index < -0.39 is 29.5 Å². The molecule has 186 valence electrons. The monoisotopic (exact) mass is 502 g/mol. The first-order valence-corrected chi connectivity index (χ1v) is 10.6. The molecule has 0 saturated carbocycles. The van der Waals surface area contributed by atoms with Crippen LogP contribution in [-0.2, 0) is 9.63 Å². The molecular weight excluding hydrogens is 483 g/mol. The zero-order valence-electron chi connectivity index (χ0n) is 18.7. The first-order chi connectivity index (χ1) is 17.2. The number of hydroxylamine groups is 1. The van der Waals surface area contributed by atoms with Gasteiger partial charge in [-0.3, -0.25) is 14.0 Å². The van der Waals surface area contributed by atoms with Crippen molar-refractivity contribution in [3.63, 3.8) is 0 Å². The van der Waals surface area contributed by atoms with Gasteiger partial charge in [-0.15, -0.1) is 0 Å². The van der Waals surface area contributed by atoms with Crippen LogP contribution in [0.4, 0.5) is 27.8 Å². The average molecular weight is 502 g/mol. The summed E-state index contributed by atoms with van der Waals surface area (Å²) in [6.45, 7) is 0.192. The molecule has 1 amide bonds. The van der Waals surface area contributed by atoms with Crippen molar-refractivity contribution in [3.05, 3.63) is 95.7 Å². The Labute approximate surface area is 202 Å². The number of pyridine rings is 1. The third-order valence-corrected chi connectivity index (χ3v) is 5.15. The second-order valence-electron chi connectivity index (χ2n) is 7.56. The summed E-state index contributed by atoms with van der Waals surface area (Å²) < 4.78 is 68.3. The van der Waals surface area contributed by atoms with Gasteiger partial charge in [0, 0.05) is 24.9 Å². The molecule has 2 heterocycles. The van der Waals surface area contributed by atoms with E-state index >= 15 is 0 Å². The van der Waals surface area contributed by atoms with Gasteiger partial charge in [0.15, 0.2) is 5.82 Å². The van der Waals surface area contributed by atoms with Crippen LogP contribution in [0.25, 0.3) is 22.5 Å². The van der Waals surface area contributed by atoms with Crippen molar-refractivity contribution in [1.82, 2.24) is 14.9 Å². The van der Waals surface area contributed by atoms with E-state index in [2.05, 4.69) is 10.5 Å². The molecule has 0 aliphatic heterocycles. The number of halogens is 5. The van der Waals surface area contributed by atoms with Gasteiger partial charge in [0.25, 0.3) is 0 Å². The highest BCUT2D eigenvalue weighted by Gasteiger charge is 2.39. The number of carbonyl (C=O) groups is 1. The molecule has 36 heavy (non-hydrogen) atoms. The van der Waals surface area contributed by atoms with Crippen LogP contribution < -0.4 is 10.8 Å². The van der Waals surface area contributed by atoms with Gasteiger partial charge in [-0.1, -0.05) is 30.3 Å². The smallest absolute Gasteiger partial charge is 0.301 e. The minimum atomic E-state index is -5.19. The lowest BCUT2D eigenvalue weighted by Crippen LogP contribution is -2.30. The molecule has 2 aromatic carbocycles. The van der Waals surface area contributed by atoms with Gasteiger partial charge in [0.1, 0.15) is 17.3 Å². The number of carbonyl (C=O) groups excluding carboxylic acids is 1. The van der Waals surface area contributed by atoms with Crippen LogP contribution in [0.15, 0.2) is 72.9 Å². The molecule has 2 N–H and O–H groups in total. The molecule has 2 aromatic heterocycles. The van der Waals surface area contributed by atoms with E-state index in [0.29, 0.717) is 11.6 Å². The van der Waals surface area contributed by atoms with Crippen molar-refractivity contribution < 1.29 is 31.6 Å². The van der Waals surface area contributed by atoms with Crippen molar-refractivity contribution in [1.29, 1.82) is 0 Å². The fourth-order valence-corrected chi connectivity index (χ4v) is 3.66. The van der Waals surface area contributed by atoms with Crippen molar-refractivity contribution >= 4 is 22.9 Å². The highest BCUT2D eigenvalue weighted by Crippen LogP contribution is 2.33. The summed E-state index contributed by atoms with van der Waals surface area (Å²) in [6.07, 6.45) is -1.85. The predicted octanol–water partition coefficient (Wildman–Crippen LogP) is 5.36. The van der Waals surface area contributed by atoms with Crippen molar-refractivity contribution in [2.45, 2.75) is 6.18 Å². The fraction of sp³-hybridized carbons (Fsp3) is 0.120. The molecule has 0 fully saturated rings. The van der Waals surface area contributed by atoms with E-state index in [1.54, 1.807) is 30.7 Å². The SMILES string of the molecule is CNOCC=C(c1ccccc1)c1ccc2nc(NC(=O)C(F)(F)F)c(-c3cc(F)cc(F)c3)n2c1. The molecule has 0 aliphatic rings. The number of nitrogens with zero attached hydrogens (tertiary/aromatic N) is 2. The predicted molar refractivity (Wildman–Crippen MR) is 124 cm³/mol. The van der Waals surface area contributed by atoms with Gasteiger partial charge in [-0.05, 0) is 47.0 Å². The largest absolute Gasteiger partial charge is 0.471 e. The van der Waals surface area contributed by atoms with Crippen LogP contribution in [0.3, 0.4) is 0 Å². The zero-order valence-corrected chi connectivity index (χ0v) is 18.7. The molecule has 0 aliphatic carbocycles. The van der Waals surface area contributed by atoms with E-state index in [4.69, 9.17) is 4.84 Å². The Morgan fingerprint density at radius 3 is 2.36 bits per heavy atom. The topological polar surface area (TPSA) is 67.7 Å². The molecule has 4 rings (SSSR count). The molecule has 6 nitrogen and oxygen atoms in total. The lowest BCUT2D eigenvalue weighted by molar-refractivity contribution is -0.167. The van der Waals surface area contributed by atoms with Gasteiger partial charge >= 0.3 is 12.1 Å². The molecule has 0 atom stereocenters. The van der Waals surface area contributed by atoms with Gasteiger partial charge in [0.2, 0.25) is 0 Å². The Kier molecular flexibility index (Phi) is 7.13. The zero-order chi connectivity index (χ0) is 25.9. The summed E-state index contributed by atoms with van der Waals surface area (Å²) in [5.41, 5.74) is 4.63. The van der Waals surface area contributed by atoms with E-state index in [1.807, 2.05) is 30.3 Å². The molecule has 4 aromatic rings. The number of aromatic nitrogens is 2. The van der Waals surface area contributed by atoms with Gasteiger partial charge < -0.3 is 5.32 Å². The number of hydrogen-bond acceptors (Lipinski definition) is 4. The quantitative estimate of drug-likeness (QED) is 0.203. The summed E-state index contributed by atoms with van der Waals surface area (Å²) in [4.78, 5) is 21.0.